The van der Waals surface area contributed by atoms with Gasteiger partial charge in [-0.25, -0.2) is 13.1 Å². The number of benzene rings is 1. The van der Waals surface area contributed by atoms with Crippen LogP contribution in [0.5, 0.6) is 5.75 Å². The van der Waals surface area contributed by atoms with Crippen molar-refractivity contribution in [2.45, 2.75) is 11.4 Å². The molecule has 0 aliphatic heterocycles. The number of aromatic nitrogens is 1. The Morgan fingerprint density at radius 3 is 2.62 bits per heavy atom. The lowest BCUT2D eigenvalue weighted by molar-refractivity contribution is 0.414. The summed E-state index contributed by atoms with van der Waals surface area (Å²) in [4.78, 5) is 5.58. The largest absolute Gasteiger partial charge is 0.497 e. The second-order valence-electron chi connectivity index (χ2n) is 5.03. The number of nitrogens with zero attached hydrogens (tertiary/aromatic N) is 1. The van der Waals surface area contributed by atoms with Gasteiger partial charge >= 0.3 is 0 Å². The maximum absolute atomic E-state index is 12.4. The van der Waals surface area contributed by atoms with E-state index in [1.165, 1.54) is 19.2 Å². The van der Waals surface area contributed by atoms with Crippen molar-refractivity contribution in [3.63, 3.8) is 0 Å². The third kappa shape index (κ3) is 3.81. The maximum atomic E-state index is 12.4. The first-order valence-corrected chi connectivity index (χ1v) is 9.57. The SMILES string of the molecule is COc1ccc(S(=O)(=O)NCc2ccnc(-c3cccs3)c2)cc1. The first kappa shape index (κ1) is 16.6. The molecule has 0 spiro atoms. The third-order valence-corrected chi connectivity index (χ3v) is 5.74. The lowest BCUT2D eigenvalue weighted by Gasteiger charge is -2.08. The van der Waals surface area contributed by atoms with E-state index >= 15 is 0 Å². The normalized spacial score (nSPS) is 11.4. The van der Waals surface area contributed by atoms with Gasteiger partial charge in [-0.15, -0.1) is 11.3 Å². The maximum Gasteiger partial charge on any atom is 0.240 e. The summed E-state index contributed by atoms with van der Waals surface area (Å²) in [5.41, 5.74) is 1.69. The standard InChI is InChI=1S/C17H16N2O3S2/c1-22-14-4-6-15(7-5-14)24(20,21)19-12-13-8-9-18-16(11-13)17-3-2-10-23-17/h2-11,19H,12H2,1H3. The molecular formula is C17H16N2O3S2. The fourth-order valence-electron chi connectivity index (χ4n) is 2.16. The number of rotatable bonds is 6. The lowest BCUT2D eigenvalue weighted by atomic mass is 10.2. The number of thiophene rings is 1. The van der Waals surface area contributed by atoms with Gasteiger partial charge in [0.2, 0.25) is 10.0 Å². The molecule has 0 unspecified atom stereocenters. The van der Waals surface area contributed by atoms with Crippen molar-refractivity contribution in [1.29, 1.82) is 0 Å². The van der Waals surface area contributed by atoms with Crippen molar-refractivity contribution in [3.05, 3.63) is 65.7 Å². The number of nitrogens with one attached hydrogen (secondary N) is 1. The summed E-state index contributed by atoms with van der Waals surface area (Å²) in [6.45, 7) is 0.204. The summed E-state index contributed by atoms with van der Waals surface area (Å²) in [6.07, 6.45) is 1.69. The van der Waals surface area contributed by atoms with Crippen molar-refractivity contribution < 1.29 is 13.2 Å². The lowest BCUT2D eigenvalue weighted by Crippen LogP contribution is -2.23. The molecule has 3 aromatic rings. The molecule has 2 heterocycles. The molecule has 7 heteroatoms. The molecule has 1 N–H and O–H groups in total. The molecule has 0 fully saturated rings. The summed E-state index contributed by atoms with van der Waals surface area (Å²) >= 11 is 1.60. The zero-order valence-electron chi connectivity index (χ0n) is 13.0. The number of methoxy groups -OCH3 is 1. The average Bonchev–Trinajstić information content (AvgIpc) is 3.15. The molecule has 0 saturated heterocycles. The molecule has 0 saturated carbocycles. The van der Waals surface area contributed by atoms with Crippen molar-refractivity contribution >= 4 is 21.4 Å². The predicted molar refractivity (Wildman–Crippen MR) is 94.6 cm³/mol. The summed E-state index contributed by atoms with van der Waals surface area (Å²) < 4.78 is 32.4. The number of ether oxygens (including phenoxy) is 1. The van der Waals surface area contributed by atoms with Crippen LogP contribution in [0.3, 0.4) is 0 Å². The van der Waals surface area contributed by atoms with Crippen LogP contribution >= 0.6 is 11.3 Å². The molecule has 0 bridgehead atoms. The highest BCUT2D eigenvalue weighted by atomic mass is 32.2. The van der Waals surface area contributed by atoms with E-state index < -0.39 is 10.0 Å². The van der Waals surface area contributed by atoms with Gasteiger partial charge in [0, 0.05) is 12.7 Å². The third-order valence-electron chi connectivity index (χ3n) is 3.43. The molecule has 1 aromatic carbocycles. The van der Waals surface area contributed by atoms with Crippen LogP contribution in [-0.4, -0.2) is 20.5 Å². The first-order valence-electron chi connectivity index (χ1n) is 7.21. The van der Waals surface area contributed by atoms with Crippen molar-refractivity contribution in [3.8, 4) is 16.3 Å². The van der Waals surface area contributed by atoms with Crippen LogP contribution in [0, 0.1) is 0 Å². The zero-order valence-corrected chi connectivity index (χ0v) is 14.6. The van der Waals surface area contributed by atoms with Crippen molar-refractivity contribution in [2.75, 3.05) is 7.11 Å². The summed E-state index contributed by atoms with van der Waals surface area (Å²) in [6, 6.07) is 13.9. The van der Waals surface area contributed by atoms with Gasteiger partial charge < -0.3 is 4.74 Å². The van der Waals surface area contributed by atoms with Gasteiger partial charge in [-0.05, 0) is 53.4 Å². The molecule has 24 heavy (non-hydrogen) atoms. The van der Waals surface area contributed by atoms with Gasteiger partial charge in [0.05, 0.1) is 22.6 Å². The molecule has 5 nitrogen and oxygen atoms in total. The fraction of sp³-hybridized carbons (Fsp3) is 0.118. The van der Waals surface area contributed by atoms with E-state index in [1.807, 2.05) is 23.6 Å². The van der Waals surface area contributed by atoms with Gasteiger partial charge in [0.1, 0.15) is 5.75 Å². The van der Waals surface area contributed by atoms with Crippen LogP contribution < -0.4 is 9.46 Å². The number of hydrogen-bond acceptors (Lipinski definition) is 5. The second-order valence-corrected chi connectivity index (χ2v) is 7.74. The molecule has 0 amide bonds. The molecule has 0 radical (unpaired) electrons. The highest BCUT2D eigenvalue weighted by Gasteiger charge is 2.14. The van der Waals surface area contributed by atoms with E-state index in [1.54, 1.807) is 35.7 Å². The number of hydrogen-bond donors (Lipinski definition) is 1. The van der Waals surface area contributed by atoms with Crippen molar-refractivity contribution in [2.24, 2.45) is 0 Å². The van der Waals surface area contributed by atoms with Crippen LogP contribution in [0.25, 0.3) is 10.6 Å². The molecule has 0 aliphatic rings. The Labute approximate surface area is 145 Å². The van der Waals surface area contributed by atoms with E-state index in [9.17, 15) is 8.42 Å². The molecular weight excluding hydrogens is 344 g/mol. The van der Waals surface area contributed by atoms with Gasteiger partial charge in [0.25, 0.3) is 0 Å². The summed E-state index contributed by atoms with van der Waals surface area (Å²) in [5.74, 6) is 0.615. The van der Waals surface area contributed by atoms with E-state index in [2.05, 4.69) is 9.71 Å². The Balaban J connectivity index is 1.73. The average molecular weight is 360 g/mol. The van der Waals surface area contributed by atoms with Gasteiger partial charge in [0.15, 0.2) is 0 Å². The smallest absolute Gasteiger partial charge is 0.240 e. The van der Waals surface area contributed by atoms with Crippen LogP contribution in [0.1, 0.15) is 5.56 Å². The monoisotopic (exact) mass is 360 g/mol. The Morgan fingerprint density at radius 1 is 1.17 bits per heavy atom. The van der Waals surface area contributed by atoms with E-state index in [0.29, 0.717) is 5.75 Å². The van der Waals surface area contributed by atoms with Crippen molar-refractivity contribution in [1.82, 2.24) is 9.71 Å². The fourth-order valence-corrected chi connectivity index (χ4v) is 3.87. The number of pyridine rings is 1. The minimum atomic E-state index is -3.57. The first-order chi connectivity index (χ1) is 11.6. The molecule has 3 rings (SSSR count). The van der Waals surface area contributed by atoms with Gasteiger partial charge in [-0.3, -0.25) is 4.98 Å². The topological polar surface area (TPSA) is 68.3 Å². The van der Waals surface area contributed by atoms with E-state index in [4.69, 9.17) is 4.74 Å². The van der Waals surface area contributed by atoms with E-state index in [-0.39, 0.29) is 11.4 Å². The highest BCUT2D eigenvalue weighted by Crippen LogP contribution is 2.23. The minimum absolute atomic E-state index is 0.204. The zero-order chi connectivity index (χ0) is 17.0. The highest BCUT2D eigenvalue weighted by molar-refractivity contribution is 7.89. The predicted octanol–water partition coefficient (Wildman–Crippen LogP) is 3.30. The Bertz CT molecular complexity index is 905. The Kier molecular flexibility index (Phi) is 4.94. The van der Waals surface area contributed by atoms with Crippen LogP contribution in [0.2, 0.25) is 0 Å². The van der Waals surface area contributed by atoms with Gasteiger partial charge in [-0.2, -0.15) is 0 Å². The summed E-state index contributed by atoms with van der Waals surface area (Å²) in [7, 11) is -2.04. The number of sulfonamides is 1. The Morgan fingerprint density at radius 2 is 1.96 bits per heavy atom. The van der Waals surface area contributed by atoms with E-state index in [0.717, 1.165) is 16.1 Å². The van der Waals surface area contributed by atoms with Crippen LogP contribution in [0.4, 0.5) is 0 Å². The molecule has 2 aromatic heterocycles. The molecule has 0 atom stereocenters. The van der Waals surface area contributed by atoms with Crippen LogP contribution in [0.15, 0.2) is 65.0 Å². The van der Waals surface area contributed by atoms with Crippen LogP contribution in [-0.2, 0) is 16.6 Å². The second kappa shape index (κ2) is 7.12. The quantitative estimate of drug-likeness (QED) is 0.732. The minimum Gasteiger partial charge on any atom is -0.497 e. The molecule has 0 aliphatic carbocycles. The molecule has 124 valence electrons. The summed E-state index contributed by atoms with van der Waals surface area (Å²) in [5, 5.41) is 1.98. The van der Waals surface area contributed by atoms with Gasteiger partial charge in [-0.1, -0.05) is 6.07 Å². The Hall–Kier alpha value is -2.22.